The standard InChI is InChI=1S/C13H19ClN2O/c1-17-13-3-2-11(14)8-12(13)16-7-5-10-4-6-15-9-10/h2-3,8,10,15-16H,4-7,9H2,1H3. The summed E-state index contributed by atoms with van der Waals surface area (Å²) in [5, 5.41) is 7.51. The molecule has 3 nitrogen and oxygen atoms in total. The number of rotatable bonds is 5. The van der Waals surface area contributed by atoms with Gasteiger partial charge in [0.05, 0.1) is 12.8 Å². The highest BCUT2D eigenvalue weighted by Gasteiger charge is 2.13. The predicted octanol–water partition coefficient (Wildman–Crippen LogP) is 2.76. The molecule has 1 atom stereocenters. The third kappa shape index (κ3) is 3.51. The molecule has 1 aromatic carbocycles. The van der Waals surface area contributed by atoms with E-state index in [-0.39, 0.29) is 0 Å². The molecule has 94 valence electrons. The first-order valence-electron chi connectivity index (χ1n) is 6.07. The number of hydrogen-bond donors (Lipinski definition) is 2. The summed E-state index contributed by atoms with van der Waals surface area (Å²) in [6, 6.07) is 5.64. The summed E-state index contributed by atoms with van der Waals surface area (Å²) in [5.74, 6) is 1.65. The molecule has 1 aromatic rings. The molecule has 1 unspecified atom stereocenters. The van der Waals surface area contributed by atoms with Gasteiger partial charge in [0.25, 0.3) is 0 Å². The summed E-state index contributed by atoms with van der Waals surface area (Å²) in [4.78, 5) is 0. The summed E-state index contributed by atoms with van der Waals surface area (Å²) in [5.41, 5.74) is 0.978. The highest BCUT2D eigenvalue weighted by atomic mass is 35.5. The number of anilines is 1. The second-order valence-corrected chi connectivity index (χ2v) is 4.86. The Morgan fingerprint density at radius 2 is 2.41 bits per heavy atom. The zero-order chi connectivity index (χ0) is 12.1. The fourth-order valence-electron chi connectivity index (χ4n) is 2.19. The van der Waals surface area contributed by atoms with Gasteiger partial charge in [-0.15, -0.1) is 0 Å². The van der Waals surface area contributed by atoms with E-state index < -0.39 is 0 Å². The third-order valence-corrected chi connectivity index (χ3v) is 3.43. The van der Waals surface area contributed by atoms with Crippen LogP contribution in [0, 0.1) is 5.92 Å². The number of benzene rings is 1. The van der Waals surface area contributed by atoms with Crippen molar-refractivity contribution in [2.75, 3.05) is 32.1 Å². The molecule has 1 aliphatic rings. The second-order valence-electron chi connectivity index (χ2n) is 4.42. The Labute approximate surface area is 107 Å². The first kappa shape index (κ1) is 12.5. The molecule has 4 heteroatoms. The minimum atomic E-state index is 0.732. The topological polar surface area (TPSA) is 33.3 Å². The molecule has 0 aliphatic carbocycles. The average molecular weight is 255 g/mol. The summed E-state index contributed by atoms with van der Waals surface area (Å²) in [6.07, 6.45) is 2.47. The lowest BCUT2D eigenvalue weighted by atomic mass is 10.1. The van der Waals surface area contributed by atoms with Crippen LogP contribution in [-0.2, 0) is 0 Å². The van der Waals surface area contributed by atoms with Crippen LogP contribution in [0.1, 0.15) is 12.8 Å². The molecule has 1 heterocycles. The molecule has 1 fully saturated rings. The monoisotopic (exact) mass is 254 g/mol. The molecule has 0 saturated carbocycles. The van der Waals surface area contributed by atoms with E-state index in [0.29, 0.717) is 0 Å². The number of methoxy groups -OCH3 is 1. The molecule has 1 saturated heterocycles. The first-order valence-corrected chi connectivity index (χ1v) is 6.45. The fourth-order valence-corrected chi connectivity index (χ4v) is 2.36. The van der Waals surface area contributed by atoms with E-state index in [1.54, 1.807) is 7.11 Å². The molecule has 0 bridgehead atoms. The zero-order valence-corrected chi connectivity index (χ0v) is 10.9. The molecule has 2 N–H and O–H groups in total. The maximum atomic E-state index is 5.97. The predicted molar refractivity (Wildman–Crippen MR) is 72.1 cm³/mol. The van der Waals surface area contributed by atoms with E-state index >= 15 is 0 Å². The minimum absolute atomic E-state index is 0.732. The SMILES string of the molecule is COc1ccc(Cl)cc1NCCC1CCNC1. The fraction of sp³-hybridized carbons (Fsp3) is 0.538. The van der Waals surface area contributed by atoms with E-state index in [2.05, 4.69) is 10.6 Å². The Bertz CT molecular complexity index is 364. The van der Waals surface area contributed by atoms with Gasteiger partial charge in [-0.2, -0.15) is 0 Å². The number of ether oxygens (including phenoxy) is 1. The van der Waals surface area contributed by atoms with E-state index in [0.717, 1.165) is 42.0 Å². The molecule has 0 spiro atoms. The Balaban J connectivity index is 1.86. The van der Waals surface area contributed by atoms with Gasteiger partial charge in [0.15, 0.2) is 0 Å². The van der Waals surface area contributed by atoms with Gasteiger partial charge >= 0.3 is 0 Å². The van der Waals surface area contributed by atoms with Crippen LogP contribution in [0.3, 0.4) is 0 Å². The van der Waals surface area contributed by atoms with Crippen molar-refractivity contribution in [1.29, 1.82) is 0 Å². The van der Waals surface area contributed by atoms with Gasteiger partial charge in [-0.25, -0.2) is 0 Å². The van der Waals surface area contributed by atoms with E-state index in [9.17, 15) is 0 Å². The quantitative estimate of drug-likeness (QED) is 0.848. The third-order valence-electron chi connectivity index (χ3n) is 3.19. The molecule has 0 radical (unpaired) electrons. The minimum Gasteiger partial charge on any atom is -0.495 e. The van der Waals surface area contributed by atoms with Crippen molar-refractivity contribution in [2.24, 2.45) is 5.92 Å². The van der Waals surface area contributed by atoms with Crippen LogP contribution in [0.4, 0.5) is 5.69 Å². The Hall–Kier alpha value is -0.930. The Morgan fingerprint density at radius 3 is 3.12 bits per heavy atom. The highest BCUT2D eigenvalue weighted by molar-refractivity contribution is 6.30. The second kappa shape index (κ2) is 6.12. The van der Waals surface area contributed by atoms with Crippen molar-refractivity contribution in [3.8, 4) is 5.75 Å². The maximum absolute atomic E-state index is 5.97. The van der Waals surface area contributed by atoms with Crippen molar-refractivity contribution in [2.45, 2.75) is 12.8 Å². The average Bonchev–Trinajstić information content (AvgIpc) is 2.82. The lowest BCUT2D eigenvalue weighted by molar-refractivity contribution is 0.416. The van der Waals surface area contributed by atoms with Gasteiger partial charge < -0.3 is 15.4 Å². The van der Waals surface area contributed by atoms with Crippen LogP contribution in [0.5, 0.6) is 5.75 Å². The van der Waals surface area contributed by atoms with Crippen LogP contribution in [0.25, 0.3) is 0 Å². The van der Waals surface area contributed by atoms with Gasteiger partial charge in [-0.3, -0.25) is 0 Å². The smallest absolute Gasteiger partial charge is 0.142 e. The van der Waals surface area contributed by atoms with Crippen molar-refractivity contribution >= 4 is 17.3 Å². The van der Waals surface area contributed by atoms with E-state index in [4.69, 9.17) is 16.3 Å². The van der Waals surface area contributed by atoms with E-state index in [1.165, 1.54) is 12.8 Å². The van der Waals surface area contributed by atoms with Crippen LogP contribution < -0.4 is 15.4 Å². The molecular formula is C13H19ClN2O. The lowest BCUT2D eigenvalue weighted by Gasteiger charge is -2.13. The number of nitrogens with one attached hydrogen (secondary N) is 2. The van der Waals surface area contributed by atoms with Crippen molar-refractivity contribution < 1.29 is 4.74 Å². The number of hydrogen-bond acceptors (Lipinski definition) is 3. The molecular weight excluding hydrogens is 236 g/mol. The van der Waals surface area contributed by atoms with Crippen LogP contribution in [0.15, 0.2) is 18.2 Å². The van der Waals surface area contributed by atoms with Crippen LogP contribution >= 0.6 is 11.6 Å². The molecule has 2 rings (SSSR count). The Kier molecular flexibility index (Phi) is 4.51. The van der Waals surface area contributed by atoms with E-state index in [1.807, 2.05) is 18.2 Å². The van der Waals surface area contributed by atoms with Gasteiger partial charge in [-0.05, 0) is 50.0 Å². The summed E-state index contributed by atoms with van der Waals surface area (Å²) in [6.45, 7) is 3.27. The number of halogens is 1. The molecule has 17 heavy (non-hydrogen) atoms. The summed E-state index contributed by atoms with van der Waals surface area (Å²) >= 11 is 5.97. The van der Waals surface area contributed by atoms with Gasteiger partial charge in [0.2, 0.25) is 0 Å². The highest BCUT2D eigenvalue weighted by Crippen LogP contribution is 2.27. The van der Waals surface area contributed by atoms with Crippen molar-refractivity contribution in [3.05, 3.63) is 23.2 Å². The first-order chi connectivity index (χ1) is 8.29. The van der Waals surface area contributed by atoms with Gasteiger partial charge in [0, 0.05) is 11.6 Å². The largest absolute Gasteiger partial charge is 0.495 e. The van der Waals surface area contributed by atoms with Crippen molar-refractivity contribution in [3.63, 3.8) is 0 Å². The van der Waals surface area contributed by atoms with Crippen LogP contribution in [-0.4, -0.2) is 26.7 Å². The molecule has 1 aliphatic heterocycles. The van der Waals surface area contributed by atoms with Gasteiger partial charge in [0.1, 0.15) is 5.75 Å². The molecule has 0 aromatic heterocycles. The zero-order valence-electron chi connectivity index (χ0n) is 10.1. The van der Waals surface area contributed by atoms with Crippen LogP contribution in [0.2, 0.25) is 5.02 Å². The maximum Gasteiger partial charge on any atom is 0.142 e. The molecule has 0 amide bonds. The summed E-state index contributed by atoms with van der Waals surface area (Å²) < 4.78 is 5.29. The van der Waals surface area contributed by atoms with Gasteiger partial charge in [-0.1, -0.05) is 11.6 Å². The lowest BCUT2D eigenvalue weighted by Crippen LogP contribution is -2.13. The summed E-state index contributed by atoms with van der Waals surface area (Å²) in [7, 11) is 1.68. The normalized spacial score (nSPS) is 19.3. The Morgan fingerprint density at radius 1 is 1.53 bits per heavy atom. The van der Waals surface area contributed by atoms with Crippen molar-refractivity contribution in [1.82, 2.24) is 5.32 Å².